The number of aryl methyl sites for hydroxylation is 1. The summed E-state index contributed by atoms with van der Waals surface area (Å²) in [6.07, 6.45) is 1.71. The van der Waals surface area contributed by atoms with Crippen LogP contribution in [0.3, 0.4) is 0 Å². The van der Waals surface area contributed by atoms with E-state index in [9.17, 15) is 4.79 Å². The van der Waals surface area contributed by atoms with Gasteiger partial charge in [0, 0.05) is 17.1 Å². The summed E-state index contributed by atoms with van der Waals surface area (Å²) in [4.78, 5) is 15.4. The van der Waals surface area contributed by atoms with Gasteiger partial charge in [-0.05, 0) is 25.5 Å². The molecule has 0 saturated heterocycles. The zero-order valence-electron chi connectivity index (χ0n) is 12.6. The Hall–Kier alpha value is -2.88. The molecule has 0 unspecified atom stereocenters. The van der Waals surface area contributed by atoms with E-state index in [0.29, 0.717) is 5.56 Å². The highest BCUT2D eigenvalue weighted by atomic mass is 16.2. The van der Waals surface area contributed by atoms with Crippen LogP contribution in [0.15, 0.2) is 59.8 Å². The van der Waals surface area contributed by atoms with Crippen LogP contribution in [0.4, 0.5) is 0 Å². The lowest BCUT2D eigenvalue weighted by Crippen LogP contribution is -2.19. The van der Waals surface area contributed by atoms with Gasteiger partial charge >= 0.3 is 0 Å². The van der Waals surface area contributed by atoms with E-state index >= 15 is 0 Å². The van der Waals surface area contributed by atoms with E-state index in [1.165, 1.54) is 5.56 Å². The number of para-hydroxylation sites is 1. The van der Waals surface area contributed by atoms with Crippen LogP contribution in [0.2, 0.25) is 0 Å². The van der Waals surface area contributed by atoms with Crippen molar-refractivity contribution in [2.24, 2.45) is 5.10 Å². The van der Waals surface area contributed by atoms with Crippen molar-refractivity contribution in [3.05, 3.63) is 71.4 Å². The monoisotopic (exact) mass is 291 g/mol. The molecule has 0 aliphatic carbocycles. The third-order valence-electron chi connectivity index (χ3n) is 3.63. The first-order valence-electron chi connectivity index (χ1n) is 7.13. The number of aromatic amines is 1. The van der Waals surface area contributed by atoms with Gasteiger partial charge < -0.3 is 4.98 Å². The number of carbonyl (C=O) groups excluding carboxylic acids is 1. The topological polar surface area (TPSA) is 57.2 Å². The third-order valence-corrected chi connectivity index (χ3v) is 3.63. The molecule has 22 heavy (non-hydrogen) atoms. The third kappa shape index (κ3) is 2.76. The standard InChI is InChI=1S/C18H17N3O/c1-12-7-9-14(10-8-12)13(2)20-21-18(22)16-11-19-17-6-4-3-5-15(16)17/h3-11,19H,1-2H3,(H,21,22)/b20-13+. The molecule has 1 heterocycles. The molecule has 0 spiro atoms. The second-order valence-electron chi connectivity index (χ2n) is 5.25. The van der Waals surface area contributed by atoms with Crippen molar-refractivity contribution >= 4 is 22.5 Å². The number of rotatable bonds is 3. The first-order valence-corrected chi connectivity index (χ1v) is 7.13. The molecule has 0 fully saturated rings. The van der Waals surface area contributed by atoms with Crippen LogP contribution in [-0.4, -0.2) is 16.6 Å². The molecule has 3 rings (SSSR count). The number of fused-ring (bicyclic) bond motifs is 1. The second kappa shape index (κ2) is 5.85. The molecule has 4 nitrogen and oxygen atoms in total. The van der Waals surface area contributed by atoms with Gasteiger partial charge in [-0.15, -0.1) is 0 Å². The fourth-order valence-corrected chi connectivity index (χ4v) is 2.31. The number of H-pyrrole nitrogens is 1. The maximum Gasteiger partial charge on any atom is 0.273 e. The summed E-state index contributed by atoms with van der Waals surface area (Å²) in [6.45, 7) is 3.91. The summed E-state index contributed by atoms with van der Waals surface area (Å²) < 4.78 is 0. The van der Waals surface area contributed by atoms with E-state index in [2.05, 4.69) is 15.5 Å². The Balaban J connectivity index is 1.79. The van der Waals surface area contributed by atoms with Crippen molar-refractivity contribution in [1.29, 1.82) is 0 Å². The van der Waals surface area contributed by atoms with E-state index in [0.717, 1.165) is 22.2 Å². The number of hydrogen-bond acceptors (Lipinski definition) is 2. The van der Waals surface area contributed by atoms with Crippen molar-refractivity contribution in [2.75, 3.05) is 0 Å². The van der Waals surface area contributed by atoms with E-state index in [1.807, 2.05) is 62.4 Å². The SMILES string of the molecule is C/C(=N\NC(=O)c1c[nH]c2ccccc12)c1ccc(C)cc1. The van der Waals surface area contributed by atoms with Crippen LogP contribution in [0.25, 0.3) is 10.9 Å². The lowest BCUT2D eigenvalue weighted by atomic mass is 10.1. The van der Waals surface area contributed by atoms with Crippen LogP contribution in [-0.2, 0) is 0 Å². The Morgan fingerprint density at radius 1 is 1.09 bits per heavy atom. The van der Waals surface area contributed by atoms with Crippen molar-refractivity contribution in [3.8, 4) is 0 Å². The van der Waals surface area contributed by atoms with Crippen LogP contribution in [0.1, 0.15) is 28.4 Å². The maximum absolute atomic E-state index is 12.3. The first kappa shape index (κ1) is 14.1. The summed E-state index contributed by atoms with van der Waals surface area (Å²) in [5, 5.41) is 5.08. The van der Waals surface area contributed by atoms with Gasteiger partial charge in [0.2, 0.25) is 0 Å². The van der Waals surface area contributed by atoms with Crippen molar-refractivity contribution in [3.63, 3.8) is 0 Å². The van der Waals surface area contributed by atoms with Gasteiger partial charge in [-0.1, -0.05) is 48.0 Å². The molecule has 2 N–H and O–H groups in total. The van der Waals surface area contributed by atoms with Gasteiger partial charge in [0.1, 0.15) is 0 Å². The highest BCUT2D eigenvalue weighted by molar-refractivity contribution is 6.07. The van der Waals surface area contributed by atoms with Crippen LogP contribution in [0.5, 0.6) is 0 Å². The Kier molecular flexibility index (Phi) is 3.74. The normalized spacial score (nSPS) is 11.6. The smallest absolute Gasteiger partial charge is 0.273 e. The molecule has 1 aromatic heterocycles. The second-order valence-corrected chi connectivity index (χ2v) is 5.25. The van der Waals surface area contributed by atoms with E-state index in [-0.39, 0.29) is 5.91 Å². The molecular weight excluding hydrogens is 274 g/mol. The summed E-state index contributed by atoms with van der Waals surface area (Å²) in [5.41, 5.74) is 7.11. The zero-order valence-corrected chi connectivity index (χ0v) is 12.6. The van der Waals surface area contributed by atoms with Crippen LogP contribution >= 0.6 is 0 Å². The Bertz CT molecular complexity index is 844. The highest BCUT2D eigenvalue weighted by Crippen LogP contribution is 2.17. The van der Waals surface area contributed by atoms with Crippen molar-refractivity contribution in [2.45, 2.75) is 13.8 Å². The van der Waals surface area contributed by atoms with Gasteiger partial charge in [0.05, 0.1) is 11.3 Å². The first-order chi connectivity index (χ1) is 10.6. The summed E-state index contributed by atoms with van der Waals surface area (Å²) in [5.74, 6) is -0.219. The summed E-state index contributed by atoms with van der Waals surface area (Å²) in [6, 6.07) is 15.7. The highest BCUT2D eigenvalue weighted by Gasteiger charge is 2.10. The van der Waals surface area contributed by atoms with Gasteiger partial charge in [-0.2, -0.15) is 5.10 Å². The Labute approximate surface area is 128 Å². The predicted molar refractivity (Wildman–Crippen MR) is 89.2 cm³/mol. The average Bonchev–Trinajstić information content (AvgIpc) is 2.97. The number of benzene rings is 2. The predicted octanol–water partition coefficient (Wildman–Crippen LogP) is 3.63. The molecule has 3 aromatic rings. The molecule has 0 saturated carbocycles. The van der Waals surface area contributed by atoms with Crippen molar-refractivity contribution in [1.82, 2.24) is 10.4 Å². The average molecular weight is 291 g/mol. The lowest BCUT2D eigenvalue weighted by Gasteiger charge is -2.03. The number of carbonyl (C=O) groups is 1. The largest absolute Gasteiger partial charge is 0.360 e. The van der Waals surface area contributed by atoms with E-state index in [4.69, 9.17) is 0 Å². The number of amides is 1. The molecule has 0 radical (unpaired) electrons. The molecule has 110 valence electrons. The maximum atomic E-state index is 12.3. The fraction of sp³-hybridized carbons (Fsp3) is 0.111. The number of hydrazone groups is 1. The molecule has 2 aromatic carbocycles. The van der Waals surface area contributed by atoms with Crippen LogP contribution < -0.4 is 5.43 Å². The summed E-state index contributed by atoms with van der Waals surface area (Å²) >= 11 is 0. The Morgan fingerprint density at radius 3 is 2.59 bits per heavy atom. The molecule has 0 bridgehead atoms. The minimum atomic E-state index is -0.219. The zero-order chi connectivity index (χ0) is 15.5. The van der Waals surface area contributed by atoms with E-state index < -0.39 is 0 Å². The summed E-state index contributed by atoms with van der Waals surface area (Å²) in [7, 11) is 0. The number of nitrogens with zero attached hydrogens (tertiary/aromatic N) is 1. The number of aromatic nitrogens is 1. The van der Waals surface area contributed by atoms with Crippen molar-refractivity contribution < 1.29 is 4.79 Å². The van der Waals surface area contributed by atoms with Gasteiger partial charge in [-0.25, -0.2) is 5.43 Å². The Morgan fingerprint density at radius 2 is 1.82 bits per heavy atom. The minimum absolute atomic E-state index is 0.219. The molecule has 4 heteroatoms. The van der Waals surface area contributed by atoms with E-state index in [1.54, 1.807) is 6.20 Å². The lowest BCUT2D eigenvalue weighted by molar-refractivity contribution is 0.0956. The molecule has 1 amide bonds. The quantitative estimate of drug-likeness (QED) is 0.562. The van der Waals surface area contributed by atoms with Gasteiger partial charge in [0.15, 0.2) is 0 Å². The fourth-order valence-electron chi connectivity index (χ4n) is 2.31. The van der Waals surface area contributed by atoms with Crippen LogP contribution in [0, 0.1) is 6.92 Å². The van der Waals surface area contributed by atoms with Gasteiger partial charge in [0.25, 0.3) is 5.91 Å². The number of hydrogen-bond donors (Lipinski definition) is 2. The number of nitrogens with one attached hydrogen (secondary N) is 2. The molecule has 0 aliphatic heterocycles. The molecular formula is C18H17N3O. The molecule has 0 aliphatic rings. The minimum Gasteiger partial charge on any atom is -0.360 e. The molecule has 0 atom stereocenters. The van der Waals surface area contributed by atoms with Gasteiger partial charge in [-0.3, -0.25) is 4.79 Å².